The van der Waals surface area contributed by atoms with Gasteiger partial charge in [0, 0.05) is 18.8 Å². The second-order valence-corrected chi connectivity index (χ2v) is 7.60. The molecule has 2 aromatic rings. The van der Waals surface area contributed by atoms with Gasteiger partial charge in [-0.3, -0.25) is 9.78 Å². The number of halogens is 1. The van der Waals surface area contributed by atoms with Crippen molar-refractivity contribution in [3.63, 3.8) is 0 Å². The largest absolute Gasteiger partial charge is 0.486 e. The third kappa shape index (κ3) is 3.54. The third-order valence-electron chi connectivity index (χ3n) is 4.06. The lowest BCUT2D eigenvalue weighted by Crippen LogP contribution is -2.41. The van der Waals surface area contributed by atoms with Gasteiger partial charge in [-0.15, -0.1) is 0 Å². The number of methoxy groups -OCH3 is 1. The summed E-state index contributed by atoms with van der Waals surface area (Å²) in [6.07, 6.45) is 2.02. The molecule has 0 bridgehead atoms. The quantitative estimate of drug-likeness (QED) is 0.733. The Kier molecular flexibility index (Phi) is 5.19. The Morgan fingerprint density at radius 3 is 2.69 bits per heavy atom. The zero-order valence-electron chi connectivity index (χ0n) is 13.9. The summed E-state index contributed by atoms with van der Waals surface area (Å²) < 4.78 is 50.9. The molecule has 0 saturated carbocycles. The Morgan fingerprint density at radius 2 is 2.04 bits per heavy atom. The monoisotopic (exact) mass is 380 g/mol. The predicted molar refractivity (Wildman–Crippen MR) is 89.4 cm³/mol. The molecule has 1 aliphatic heterocycles. The van der Waals surface area contributed by atoms with Crippen molar-refractivity contribution in [1.82, 2.24) is 9.29 Å². The second-order valence-electron chi connectivity index (χ2n) is 5.71. The van der Waals surface area contributed by atoms with Gasteiger partial charge in [0.2, 0.25) is 10.0 Å². The third-order valence-corrected chi connectivity index (χ3v) is 5.92. The zero-order chi connectivity index (χ0) is 18.7. The fraction of sp³-hybridized carbons (Fsp3) is 0.294. The van der Waals surface area contributed by atoms with Gasteiger partial charge < -0.3 is 9.47 Å². The summed E-state index contributed by atoms with van der Waals surface area (Å²) in [5, 5.41) is 0. The van der Waals surface area contributed by atoms with Crippen LogP contribution in [0.3, 0.4) is 0 Å². The van der Waals surface area contributed by atoms with Crippen molar-refractivity contribution in [2.24, 2.45) is 0 Å². The molecule has 26 heavy (non-hydrogen) atoms. The molecule has 0 unspecified atom stereocenters. The van der Waals surface area contributed by atoms with E-state index in [-0.39, 0.29) is 23.6 Å². The molecule has 2 atom stereocenters. The lowest BCUT2D eigenvalue weighted by Gasteiger charge is -2.21. The predicted octanol–water partition coefficient (Wildman–Crippen LogP) is 1.60. The van der Waals surface area contributed by atoms with E-state index in [9.17, 15) is 17.6 Å². The van der Waals surface area contributed by atoms with Crippen LogP contribution in [0.2, 0.25) is 0 Å². The van der Waals surface area contributed by atoms with Crippen molar-refractivity contribution in [2.75, 3.05) is 13.7 Å². The molecular formula is C17H17FN2O5S. The summed E-state index contributed by atoms with van der Waals surface area (Å²) in [6.45, 7) is -0.106. The highest BCUT2D eigenvalue weighted by atomic mass is 32.2. The molecule has 0 amide bonds. The van der Waals surface area contributed by atoms with Gasteiger partial charge in [0.25, 0.3) is 0 Å². The number of hydrogen-bond acceptors (Lipinski definition) is 6. The fourth-order valence-electron chi connectivity index (χ4n) is 2.82. The van der Waals surface area contributed by atoms with Crippen molar-refractivity contribution in [3.05, 3.63) is 54.6 Å². The number of rotatable bonds is 5. The maximum atomic E-state index is 13.8. The number of hydrogen-bond donors (Lipinski definition) is 0. The van der Waals surface area contributed by atoms with Crippen LogP contribution >= 0.6 is 0 Å². The van der Waals surface area contributed by atoms with Gasteiger partial charge in [-0.05, 0) is 24.3 Å². The molecule has 0 radical (unpaired) electrons. The van der Waals surface area contributed by atoms with Crippen LogP contribution in [-0.2, 0) is 19.6 Å². The normalized spacial score (nSPS) is 20.7. The summed E-state index contributed by atoms with van der Waals surface area (Å²) in [7, 11) is -2.80. The molecule has 1 fully saturated rings. The first-order valence-corrected chi connectivity index (χ1v) is 9.28. The number of sulfonamides is 1. The summed E-state index contributed by atoms with van der Waals surface area (Å²) in [4.78, 5) is 15.9. The Hall–Kier alpha value is -2.52. The molecule has 0 aliphatic carbocycles. The SMILES string of the molecule is COC(=O)[C@H]1C[C@H](Oc2ccccc2F)CN1S(=O)(=O)c1cccnc1. The molecule has 3 rings (SSSR count). The van der Waals surface area contributed by atoms with Crippen LogP contribution in [-0.4, -0.2) is 49.5 Å². The van der Waals surface area contributed by atoms with E-state index < -0.39 is 34.0 Å². The number of carbonyl (C=O) groups is 1. The van der Waals surface area contributed by atoms with Crippen LogP contribution < -0.4 is 4.74 Å². The lowest BCUT2D eigenvalue weighted by molar-refractivity contribution is -0.144. The standard InChI is InChI=1S/C17H17FN2O5S/c1-24-17(21)15-9-12(25-16-7-3-2-6-14(16)18)11-20(15)26(22,23)13-5-4-8-19-10-13/h2-8,10,12,15H,9,11H2,1H3/t12-,15+/m0/s1. The van der Waals surface area contributed by atoms with Crippen LogP contribution in [0.4, 0.5) is 4.39 Å². The number of nitrogens with zero attached hydrogens (tertiary/aromatic N) is 2. The molecule has 138 valence electrons. The smallest absolute Gasteiger partial charge is 0.324 e. The maximum Gasteiger partial charge on any atom is 0.324 e. The Bertz CT molecular complexity index is 891. The Balaban J connectivity index is 1.88. The first-order chi connectivity index (χ1) is 12.4. The van der Waals surface area contributed by atoms with E-state index in [2.05, 4.69) is 4.98 Å². The van der Waals surface area contributed by atoms with Crippen molar-refractivity contribution >= 4 is 16.0 Å². The highest BCUT2D eigenvalue weighted by Gasteiger charge is 2.45. The molecule has 1 aromatic carbocycles. The highest BCUT2D eigenvalue weighted by Crippen LogP contribution is 2.30. The van der Waals surface area contributed by atoms with Crippen molar-refractivity contribution in [1.29, 1.82) is 0 Å². The number of pyridine rings is 1. The number of benzene rings is 1. The topological polar surface area (TPSA) is 85.8 Å². The van der Waals surface area contributed by atoms with Gasteiger partial charge in [-0.1, -0.05) is 12.1 Å². The average Bonchev–Trinajstić information content (AvgIpc) is 3.08. The van der Waals surface area contributed by atoms with Gasteiger partial charge >= 0.3 is 5.97 Å². The first-order valence-electron chi connectivity index (χ1n) is 7.84. The number of esters is 1. The van der Waals surface area contributed by atoms with Crippen LogP contribution in [0.5, 0.6) is 5.75 Å². The van der Waals surface area contributed by atoms with E-state index >= 15 is 0 Å². The van der Waals surface area contributed by atoms with Gasteiger partial charge in [-0.2, -0.15) is 4.31 Å². The molecule has 0 spiro atoms. The molecule has 1 aliphatic rings. The van der Waals surface area contributed by atoms with Crippen LogP contribution in [0.1, 0.15) is 6.42 Å². The van der Waals surface area contributed by atoms with Crippen LogP contribution in [0.15, 0.2) is 53.7 Å². The van der Waals surface area contributed by atoms with Crippen molar-refractivity contribution in [2.45, 2.75) is 23.5 Å². The second kappa shape index (κ2) is 7.38. The van der Waals surface area contributed by atoms with Crippen LogP contribution in [0, 0.1) is 5.82 Å². The average molecular weight is 380 g/mol. The minimum atomic E-state index is -3.98. The molecule has 7 nitrogen and oxygen atoms in total. The fourth-order valence-corrected chi connectivity index (χ4v) is 4.41. The molecule has 9 heteroatoms. The van der Waals surface area contributed by atoms with Crippen LogP contribution in [0.25, 0.3) is 0 Å². The zero-order valence-corrected chi connectivity index (χ0v) is 14.7. The molecule has 1 aromatic heterocycles. The summed E-state index contributed by atoms with van der Waals surface area (Å²) in [5.74, 6) is -1.26. The van der Waals surface area contributed by atoms with E-state index in [1.165, 1.54) is 49.8 Å². The van der Waals surface area contributed by atoms with Gasteiger partial charge in [0.1, 0.15) is 17.0 Å². The van der Waals surface area contributed by atoms with E-state index in [0.29, 0.717) is 0 Å². The highest BCUT2D eigenvalue weighted by molar-refractivity contribution is 7.89. The minimum absolute atomic E-state index is 0.00161. The van der Waals surface area contributed by atoms with Crippen molar-refractivity contribution < 1.29 is 27.1 Å². The molecular weight excluding hydrogens is 363 g/mol. The molecule has 1 saturated heterocycles. The number of carbonyl (C=O) groups excluding carboxylic acids is 1. The number of ether oxygens (including phenoxy) is 2. The van der Waals surface area contributed by atoms with Gasteiger partial charge in [0.15, 0.2) is 11.6 Å². The molecule has 0 N–H and O–H groups in total. The van der Waals surface area contributed by atoms with E-state index in [0.717, 1.165) is 4.31 Å². The van der Waals surface area contributed by atoms with E-state index in [1.54, 1.807) is 6.07 Å². The van der Waals surface area contributed by atoms with Crippen molar-refractivity contribution in [3.8, 4) is 5.75 Å². The maximum absolute atomic E-state index is 13.8. The van der Waals surface area contributed by atoms with E-state index in [1.807, 2.05) is 0 Å². The first kappa shape index (κ1) is 18.3. The minimum Gasteiger partial charge on any atom is -0.486 e. The summed E-state index contributed by atoms with van der Waals surface area (Å²) >= 11 is 0. The number of aromatic nitrogens is 1. The van der Waals surface area contributed by atoms with Gasteiger partial charge in [-0.25, -0.2) is 12.8 Å². The Labute approximate surface area is 150 Å². The summed E-state index contributed by atoms with van der Waals surface area (Å²) in [6, 6.07) is 7.64. The molecule has 2 heterocycles. The van der Waals surface area contributed by atoms with Gasteiger partial charge in [0.05, 0.1) is 13.7 Å². The lowest BCUT2D eigenvalue weighted by atomic mass is 10.2. The number of para-hydroxylation sites is 1. The van der Waals surface area contributed by atoms with E-state index in [4.69, 9.17) is 9.47 Å². The Morgan fingerprint density at radius 1 is 1.27 bits per heavy atom. The summed E-state index contributed by atoms with van der Waals surface area (Å²) in [5.41, 5.74) is 0.